The summed E-state index contributed by atoms with van der Waals surface area (Å²) in [6.45, 7) is 4.35. The molecule has 0 spiro atoms. The number of nitrogens with one attached hydrogen (secondary N) is 1. The number of urea groups is 1. The first-order valence-corrected chi connectivity index (χ1v) is 13.4. The van der Waals surface area contributed by atoms with Crippen molar-refractivity contribution in [3.63, 3.8) is 0 Å². The Morgan fingerprint density at radius 2 is 1.83 bits per heavy atom. The Morgan fingerprint density at radius 1 is 1.06 bits per heavy atom. The summed E-state index contributed by atoms with van der Waals surface area (Å²) in [5, 5.41) is 13.9. The average molecular weight is 531 g/mol. The van der Waals surface area contributed by atoms with Crippen LogP contribution in [0.3, 0.4) is 0 Å². The van der Waals surface area contributed by atoms with Crippen LogP contribution in [-0.2, 0) is 0 Å². The number of hydrogen-bond acceptors (Lipinski definition) is 4. The van der Waals surface area contributed by atoms with Crippen LogP contribution in [0.25, 0.3) is 0 Å². The zero-order chi connectivity index (χ0) is 25.4. The Labute approximate surface area is 221 Å². The maximum atomic E-state index is 13.1. The monoisotopic (exact) mass is 530 g/mol. The molecule has 192 valence electrons. The van der Waals surface area contributed by atoms with Crippen molar-refractivity contribution < 1.29 is 14.7 Å². The maximum Gasteiger partial charge on any atom is 0.317 e. The molecular weight excluding hydrogens is 499 g/mol. The van der Waals surface area contributed by atoms with Crippen LogP contribution in [0.4, 0.5) is 4.79 Å². The Bertz CT molecular complexity index is 1150. The van der Waals surface area contributed by atoms with Crippen LogP contribution in [0.5, 0.6) is 5.75 Å². The lowest BCUT2D eigenvalue weighted by atomic mass is 9.84. The molecule has 3 heterocycles. The summed E-state index contributed by atoms with van der Waals surface area (Å²) in [6.07, 6.45) is 3.77. The topological polar surface area (TPSA) is 76.1 Å². The number of aromatic hydroxyl groups is 1. The number of phenols is 1. The second-order valence-electron chi connectivity index (χ2n) is 10.1. The summed E-state index contributed by atoms with van der Waals surface area (Å²) in [4.78, 5) is 31.5. The van der Waals surface area contributed by atoms with Gasteiger partial charge in [-0.25, -0.2) is 4.79 Å². The molecule has 2 atom stereocenters. The highest BCUT2D eigenvalue weighted by atomic mass is 35.5. The molecule has 7 nitrogen and oxygen atoms in total. The van der Waals surface area contributed by atoms with E-state index in [2.05, 4.69) is 10.2 Å². The summed E-state index contributed by atoms with van der Waals surface area (Å²) in [5.41, 5.74) is 2.51. The van der Waals surface area contributed by atoms with E-state index in [-0.39, 0.29) is 29.6 Å². The molecule has 36 heavy (non-hydrogen) atoms. The second kappa shape index (κ2) is 10.5. The van der Waals surface area contributed by atoms with Gasteiger partial charge in [0.15, 0.2) is 0 Å². The third kappa shape index (κ3) is 4.89. The summed E-state index contributed by atoms with van der Waals surface area (Å²) in [5.74, 6) is 0.00850. The van der Waals surface area contributed by atoms with Gasteiger partial charge in [-0.3, -0.25) is 4.79 Å². The Hall–Kier alpha value is -2.48. The largest absolute Gasteiger partial charge is 0.508 e. The molecule has 3 aliphatic rings. The fourth-order valence-electron chi connectivity index (χ4n) is 6.02. The SMILES string of the molecule is CN1C(=O)c2cc(O)ccc2C1C(CCN1CCC(N2CCCNC2=O)CC1)c1ccc(Cl)c(Cl)c1. The summed E-state index contributed by atoms with van der Waals surface area (Å²) in [6, 6.07) is 11.0. The van der Waals surface area contributed by atoms with Crippen molar-refractivity contribution in [3.05, 3.63) is 63.1 Å². The molecule has 0 aliphatic carbocycles. The van der Waals surface area contributed by atoms with E-state index in [0.717, 1.165) is 69.5 Å². The van der Waals surface area contributed by atoms with Crippen molar-refractivity contribution in [1.82, 2.24) is 20.0 Å². The molecule has 9 heteroatoms. The van der Waals surface area contributed by atoms with E-state index in [1.54, 1.807) is 17.0 Å². The minimum atomic E-state index is -0.167. The number of likely N-dealkylation sites (N-methyl/N-ethyl adjacent to an activating group) is 1. The van der Waals surface area contributed by atoms with Gasteiger partial charge in [-0.15, -0.1) is 0 Å². The lowest BCUT2D eigenvalue weighted by Gasteiger charge is -2.40. The smallest absolute Gasteiger partial charge is 0.317 e. The normalized spacial score (nSPS) is 22.0. The molecule has 0 bridgehead atoms. The number of rotatable bonds is 6. The molecule has 2 aromatic rings. The van der Waals surface area contributed by atoms with Gasteiger partial charge in [-0.1, -0.05) is 35.3 Å². The first-order chi connectivity index (χ1) is 17.3. The second-order valence-corrected chi connectivity index (χ2v) is 10.9. The van der Waals surface area contributed by atoms with Crippen molar-refractivity contribution in [2.24, 2.45) is 0 Å². The number of piperidine rings is 1. The first-order valence-electron chi connectivity index (χ1n) is 12.7. The molecule has 2 saturated heterocycles. The van der Waals surface area contributed by atoms with Crippen LogP contribution >= 0.6 is 23.2 Å². The maximum absolute atomic E-state index is 13.1. The van der Waals surface area contributed by atoms with Gasteiger partial charge in [0.1, 0.15) is 5.75 Å². The van der Waals surface area contributed by atoms with Gasteiger partial charge in [0, 0.05) is 50.7 Å². The number of halogens is 2. The molecular formula is C27H32Cl2N4O3. The zero-order valence-corrected chi connectivity index (χ0v) is 21.9. The van der Waals surface area contributed by atoms with Crippen molar-refractivity contribution >= 4 is 35.1 Å². The minimum absolute atomic E-state index is 0.00473. The van der Waals surface area contributed by atoms with E-state index in [0.29, 0.717) is 21.7 Å². The van der Waals surface area contributed by atoms with E-state index in [1.807, 2.05) is 36.2 Å². The number of amides is 3. The van der Waals surface area contributed by atoms with Gasteiger partial charge >= 0.3 is 6.03 Å². The predicted octanol–water partition coefficient (Wildman–Crippen LogP) is 4.88. The summed E-state index contributed by atoms with van der Waals surface area (Å²) >= 11 is 12.6. The van der Waals surface area contributed by atoms with Crippen molar-refractivity contribution in [1.29, 1.82) is 0 Å². The standard InChI is InChI=1S/C27H32Cl2N4O3/c1-31-25(21-5-4-19(34)16-22(21)26(31)35)20(17-3-6-23(28)24(29)15-17)9-14-32-12-7-18(8-13-32)33-11-2-10-30-27(33)36/h3-6,15-16,18,20,25,34H,2,7-14H2,1H3,(H,30,36). The molecule has 0 radical (unpaired) electrons. The number of fused-ring (bicyclic) bond motifs is 1. The summed E-state index contributed by atoms with van der Waals surface area (Å²) < 4.78 is 0. The van der Waals surface area contributed by atoms with Crippen molar-refractivity contribution in [2.45, 2.75) is 43.7 Å². The van der Waals surface area contributed by atoms with Crippen molar-refractivity contribution in [3.8, 4) is 5.75 Å². The number of phenolic OH excluding ortho intramolecular Hbond substituents is 1. The van der Waals surface area contributed by atoms with Crippen LogP contribution in [-0.4, -0.2) is 77.6 Å². The summed E-state index contributed by atoms with van der Waals surface area (Å²) in [7, 11) is 1.82. The first kappa shape index (κ1) is 25.2. The molecule has 0 aromatic heterocycles. The molecule has 3 amide bonds. The van der Waals surface area contributed by atoms with Crippen LogP contribution in [0.1, 0.15) is 59.1 Å². The minimum Gasteiger partial charge on any atom is -0.508 e. The number of carbonyl (C=O) groups is 2. The lowest BCUT2D eigenvalue weighted by molar-refractivity contribution is 0.0740. The average Bonchev–Trinajstić information content (AvgIpc) is 3.12. The van der Waals surface area contributed by atoms with Gasteiger partial charge in [0.25, 0.3) is 5.91 Å². The lowest BCUT2D eigenvalue weighted by Crippen LogP contribution is -2.54. The number of nitrogens with zero attached hydrogens (tertiary/aromatic N) is 3. The molecule has 2 unspecified atom stereocenters. The fourth-order valence-corrected chi connectivity index (χ4v) is 6.33. The van der Waals surface area contributed by atoms with Crippen LogP contribution < -0.4 is 5.32 Å². The molecule has 2 aromatic carbocycles. The number of likely N-dealkylation sites (tertiary alicyclic amines) is 1. The van der Waals surface area contributed by atoms with Gasteiger partial charge in [-0.2, -0.15) is 0 Å². The third-order valence-corrected chi connectivity index (χ3v) is 8.68. The van der Waals surface area contributed by atoms with E-state index in [1.165, 1.54) is 0 Å². The Kier molecular flexibility index (Phi) is 7.33. The highest BCUT2D eigenvalue weighted by molar-refractivity contribution is 6.42. The molecule has 2 fully saturated rings. The molecule has 3 aliphatic heterocycles. The van der Waals surface area contributed by atoms with Crippen LogP contribution in [0, 0.1) is 0 Å². The fraction of sp³-hybridized carbons (Fsp3) is 0.481. The predicted molar refractivity (Wildman–Crippen MR) is 141 cm³/mol. The van der Waals surface area contributed by atoms with Gasteiger partial charge in [-0.05, 0) is 67.6 Å². The van der Waals surface area contributed by atoms with Gasteiger partial charge < -0.3 is 25.1 Å². The number of hydrogen-bond donors (Lipinski definition) is 2. The highest BCUT2D eigenvalue weighted by Crippen LogP contribution is 2.45. The van der Waals surface area contributed by atoms with Gasteiger partial charge in [0.05, 0.1) is 16.1 Å². The van der Waals surface area contributed by atoms with Crippen LogP contribution in [0.15, 0.2) is 36.4 Å². The Balaban J connectivity index is 1.33. The molecule has 0 saturated carbocycles. The zero-order valence-electron chi connectivity index (χ0n) is 20.4. The van der Waals surface area contributed by atoms with Crippen molar-refractivity contribution in [2.75, 3.05) is 39.8 Å². The quantitative estimate of drug-likeness (QED) is 0.558. The van der Waals surface area contributed by atoms with Gasteiger partial charge in [0.2, 0.25) is 0 Å². The number of benzene rings is 2. The third-order valence-electron chi connectivity index (χ3n) is 7.94. The van der Waals surface area contributed by atoms with E-state index in [4.69, 9.17) is 23.2 Å². The number of carbonyl (C=O) groups excluding carboxylic acids is 2. The Morgan fingerprint density at radius 3 is 2.56 bits per heavy atom. The van der Waals surface area contributed by atoms with Crippen LogP contribution in [0.2, 0.25) is 10.0 Å². The molecule has 5 rings (SSSR count). The highest BCUT2D eigenvalue weighted by Gasteiger charge is 2.40. The van der Waals surface area contributed by atoms with E-state index >= 15 is 0 Å². The molecule has 2 N–H and O–H groups in total. The van der Waals surface area contributed by atoms with E-state index < -0.39 is 0 Å². The van der Waals surface area contributed by atoms with E-state index in [9.17, 15) is 14.7 Å².